The van der Waals surface area contributed by atoms with E-state index < -0.39 is 5.97 Å². The molecule has 0 saturated carbocycles. The minimum atomic E-state index is -0.922. The highest BCUT2D eigenvalue weighted by Crippen LogP contribution is 2.21. The predicted molar refractivity (Wildman–Crippen MR) is 72.2 cm³/mol. The Hall–Kier alpha value is -2.56. The number of rotatable bonds is 4. The maximum absolute atomic E-state index is 10.9. The van der Waals surface area contributed by atoms with E-state index in [1.54, 1.807) is 44.5 Å². The van der Waals surface area contributed by atoms with Gasteiger partial charge in [-0.25, -0.2) is 9.78 Å². The molecule has 1 aromatic heterocycles. The van der Waals surface area contributed by atoms with Crippen LogP contribution in [-0.2, 0) is 0 Å². The number of hydrogen-bond donors (Lipinski definition) is 2. The Morgan fingerprint density at radius 1 is 1.26 bits per heavy atom. The van der Waals surface area contributed by atoms with Crippen LogP contribution in [0.5, 0.6) is 5.88 Å². The summed E-state index contributed by atoms with van der Waals surface area (Å²) in [6, 6.07) is 8.67. The Labute approximate surface area is 110 Å². The number of methoxy groups -OCH3 is 1. The molecule has 2 aromatic rings. The molecule has 0 saturated heterocycles. The van der Waals surface area contributed by atoms with Gasteiger partial charge in [0.2, 0.25) is 5.88 Å². The normalized spacial score (nSPS) is 10.0. The lowest BCUT2D eigenvalue weighted by atomic mass is 10.1. The second kappa shape index (κ2) is 5.39. The second-order valence-corrected chi connectivity index (χ2v) is 4.05. The van der Waals surface area contributed by atoms with Crippen LogP contribution in [0.4, 0.5) is 11.4 Å². The van der Waals surface area contributed by atoms with Gasteiger partial charge in [-0.2, -0.15) is 0 Å². The lowest BCUT2D eigenvalue weighted by Crippen LogP contribution is -2.00. The number of pyridine rings is 1. The molecule has 0 amide bonds. The molecular formula is C14H14N2O3. The molecule has 5 heteroatoms. The van der Waals surface area contributed by atoms with Gasteiger partial charge in [-0.05, 0) is 36.8 Å². The highest BCUT2D eigenvalue weighted by molar-refractivity contribution is 5.90. The van der Waals surface area contributed by atoms with Crippen molar-refractivity contribution < 1.29 is 14.6 Å². The average molecular weight is 258 g/mol. The number of aryl methyl sites for hydroxylation is 1. The predicted octanol–water partition coefficient (Wildman–Crippen LogP) is 2.84. The van der Waals surface area contributed by atoms with Crippen LogP contribution in [0.3, 0.4) is 0 Å². The highest BCUT2D eigenvalue weighted by atomic mass is 16.5. The first-order valence-corrected chi connectivity index (χ1v) is 5.71. The molecule has 0 fully saturated rings. The van der Waals surface area contributed by atoms with Crippen molar-refractivity contribution in [3.05, 3.63) is 47.7 Å². The van der Waals surface area contributed by atoms with Crippen molar-refractivity contribution in [3.63, 3.8) is 0 Å². The van der Waals surface area contributed by atoms with Gasteiger partial charge in [0.1, 0.15) is 0 Å². The molecule has 0 bridgehead atoms. The summed E-state index contributed by atoms with van der Waals surface area (Å²) < 4.78 is 5.04. The number of carboxylic acids is 1. The fraction of sp³-hybridized carbons (Fsp3) is 0.143. The smallest absolute Gasteiger partial charge is 0.335 e. The quantitative estimate of drug-likeness (QED) is 0.882. The van der Waals surface area contributed by atoms with E-state index in [-0.39, 0.29) is 0 Å². The molecule has 0 aliphatic heterocycles. The standard InChI is InChI=1S/C14H14N2O3/c1-9-7-10(3-4-12(9)14(17)18)16-11-5-6-15-13(8-11)19-2/h3-8H,1-2H3,(H,15,16)(H,17,18). The molecule has 0 unspecified atom stereocenters. The summed E-state index contributed by atoms with van der Waals surface area (Å²) in [4.78, 5) is 14.9. The lowest BCUT2D eigenvalue weighted by molar-refractivity contribution is 0.0696. The monoisotopic (exact) mass is 258 g/mol. The maximum atomic E-state index is 10.9. The molecule has 0 atom stereocenters. The molecule has 19 heavy (non-hydrogen) atoms. The number of carbonyl (C=O) groups is 1. The van der Waals surface area contributed by atoms with Crippen molar-refractivity contribution in [1.29, 1.82) is 0 Å². The van der Waals surface area contributed by atoms with Crippen LogP contribution in [0, 0.1) is 6.92 Å². The van der Waals surface area contributed by atoms with Gasteiger partial charge in [-0.15, -0.1) is 0 Å². The third kappa shape index (κ3) is 3.01. The van der Waals surface area contributed by atoms with Crippen LogP contribution < -0.4 is 10.1 Å². The van der Waals surface area contributed by atoms with Gasteiger partial charge in [-0.3, -0.25) is 0 Å². The van der Waals surface area contributed by atoms with Gasteiger partial charge in [0.05, 0.1) is 12.7 Å². The van der Waals surface area contributed by atoms with Crippen molar-refractivity contribution in [2.45, 2.75) is 6.92 Å². The van der Waals surface area contributed by atoms with Crippen LogP contribution in [0.1, 0.15) is 15.9 Å². The first-order chi connectivity index (χ1) is 9.10. The summed E-state index contributed by atoms with van der Waals surface area (Å²) in [6.07, 6.45) is 1.64. The van der Waals surface area contributed by atoms with Crippen LogP contribution in [0.2, 0.25) is 0 Å². The number of hydrogen-bond acceptors (Lipinski definition) is 4. The van der Waals surface area contributed by atoms with Crippen molar-refractivity contribution >= 4 is 17.3 Å². The molecule has 0 radical (unpaired) electrons. The van der Waals surface area contributed by atoms with Gasteiger partial charge in [0, 0.05) is 23.6 Å². The Bertz CT molecular complexity index is 611. The van der Waals surface area contributed by atoms with E-state index in [9.17, 15) is 4.79 Å². The van der Waals surface area contributed by atoms with Crippen LogP contribution in [0.15, 0.2) is 36.5 Å². The van der Waals surface area contributed by atoms with E-state index in [0.29, 0.717) is 17.0 Å². The molecule has 0 aliphatic rings. The van der Waals surface area contributed by atoms with E-state index in [0.717, 1.165) is 11.4 Å². The van der Waals surface area contributed by atoms with E-state index >= 15 is 0 Å². The molecule has 2 N–H and O–H groups in total. The van der Waals surface area contributed by atoms with Crippen LogP contribution >= 0.6 is 0 Å². The number of benzene rings is 1. The Balaban J connectivity index is 2.23. The Morgan fingerprint density at radius 2 is 2.00 bits per heavy atom. The highest BCUT2D eigenvalue weighted by Gasteiger charge is 2.07. The average Bonchev–Trinajstić information content (AvgIpc) is 2.38. The maximum Gasteiger partial charge on any atom is 0.335 e. The van der Waals surface area contributed by atoms with E-state index in [1.807, 2.05) is 6.07 Å². The molecule has 1 aromatic carbocycles. The number of ether oxygens (including phenoxy) is 1. The second-order valence-electron chi connectivity index (χ2n) is 4.05. The van der Waals surface area contributed by atoms with E-state index in [1.165, 1.54) is 0 Å². The Morgan fingerprint density at radius 3 is 2.63 bits per heavy atom. The third-order valence-electron chi connectivity index (χ3n) is 2.69. The largest absolute Gasteiger partial charge is 0.481 e. The lowest BCUT2D eigenvalue weighted by Gasteiger charge is -2.09. The number of aromatic nitrogens is 1. The number of anilines is 2. The van der Waals surface area contributed by atoms with Crippen molar-refractivity contribution in [2.75, 3.05) is 12.4 Å². The van der Waals surface area contributed by atoms with Crippen molar-refractivity contribution in [1.82, 2.24) is 4.98 Å². The number of aromatic carboxylic acids is 1. The molecule has 5 nitrogen and oxygen atoms in total. The first kappa shape index (κ1) is 12.9. The summed E-state index contributed by atoms with van der Waals surface area (Å²) in [6.45, 7) is 1.77. The van der Waals surface area contributed by atoms with Gasteiger partial charge in [-0.1, -0.05) is 0 Å². The first-order valence-electron chi connectivity index (χ1n) is 5.71. The van der Waals surface area contributed by atoms with Gasteiger partial charge < -0.3 is 15.2 Å². The topological polar surface area (TPSA) is 71.5 Å². The number of nitrogens with zero attached hydrogens (tertiary/aromatic N) is 1. The Kier molecular flexibility index (Phi) is 3.66. The van der Waals surface area contributed by atoms with Gasteiger partial charge in [0.25, 0.3) is 0 Å². The van der Waals surface area contributed by atoms with E-state index in [2.05, 4.69) is 10.3 Å². The summed E-state index contributed by atoms with van der Waals surface area (Å²) in [5.74, 6) is -0.404. The van der Waals surface area contributed by atoms with Crippen molar-refractivity contribution in [2.24, 2.45) is 0 Å². The zero-order chi connectivity index (χ0) is 13.8. The summed E-state index contributed by atoms with van der Waals surface area (Å²) in [5, 5.41) is 12.1. The molecule has 0 aliphatic carbocycles. The van der Waals surface area contributed by atoms with Gasteiger partial charge in [0.15, 0.2) is 0 Å². The summed E-state index contributed by atoms with van der Waals surface area (Å²) >= 11 is 0. The minimum absolute atomic E-state index is 0.304. The summed E-state index contributed by atoms with van der Waals surface area (Å²) in [7, 11) is 1.55. The van der Waals surface area contributed by atoms with Crippen molar-refractivity contribution in [3.8, 4) is 5.88 Å². The molecule has 2 rings (SSSR count). The third-order valence-corrected chi connectivity index (χ3v) is 2.69. The molecular weight excluding hydrogens is 244 g/mol. The molecule has 1 heterocycles. The van der Waals surface area contributed by atoms with Gasteiger partial charge >= 0.3 is 5.97 Å². The number of carboxylic acid groups (broad SMARTS) is 1. The minimum Gasteiger partial charge on any atom is -0.481 e. The summed E-state index contributed by atoms with van der Waals surface area (Å²) in [5.41, 5.74) is 2.65. The SMILES string of the molecule is COc1cc(Nc2ccc(C(=O)O)c(C)c2)ccn1. The molecule has 98 valence electrons. The van der Waals surface area contributed by atoms with E-state index in [4.69, 9.17) is 9.84 Å². The number of nitrogens with one attached hydrogen (secondary N) is 1. The fourth-order valence-electron chi connectivity index (χ4n) is 1.75. The zero-order valence-electron chi connectivity index (χ0n) is 10.7. The van der Waals surface area contributed by atoms with Crippen LogP contribution in [-0.4, -0.2) is 23.2 Å². The zero-order valence-corrected chi connectivity index (χ0v) is 10.7. The van der Waals surface area contributed by atoms with Crippen LogP contribution in [0.25, 0.3) is 0 Å². The molecule has 0 spiro atoms. The fourth-order valence-corrected chi connectivity index (χ4v) is 1.75.